The Balaban J connectivity index is 2.15. The number of fused-ring (bicyclic) bond motifs is 2. The lowest BCUT2D eigenvalue weighted by atomic mass is 9.93. The SMILES string of the molecule is CC(C)P(=O)(C(C)C)N(CCC#N)CC1CC2C=CC1C2. The Morgan fingerprint density at radius 2 is 1.90 bits per heavy atom. The molecule has 0 aliphatic heterocycles. The van der Waals surface area contributed by atoms with Crippen LogP contribution in [0.5, 0.6) is 0 Å². The Morgan fingerprint density at radius 3 is 2.33 bits per heavy atom. The second kappa shape index (κ2) is 6.67. The van der Waals surface area contributed by atoms with Gasteiger partial charge < -0.3 is 4.57 Å². The summed E-state index contributed by atoms with van der Waals surface area (Å²) >= 11 is 0. The van der Waals surface area contributed by atoms with Crippen LogP contribution in [0.3, 0.4) is 0 Å². The first-order chi connectivity index (χ1) is 9.89. The fourth-order valence-corrected chi connectivity index (χ4v) is 7.56. The number of hydrogen-bond acceptors (Lipinski definition) is 2. The molecule has 2 aliphatic carbocycles. The van der Waals surface area contributed by atoms with E-state index in [-0.39, 0.29) is 11.3 Å². The maximum Gasteiger partial charge on any atom is 0.155 e. The number of nitrogens with zero attached hydrogens (tertiary/aromatic N) is 2. The van der Waals surface area contributed by atoms with Crippen LogP contribution in [0.15, 0.2) is 12.2 Å². The molecule has 1 fully saturated rings. The maximum absolute atomic E-state index is 13.6. The molecule has 21 heavy (non-hydrogen) atoms. The van der Waals surface area contributed by atoms with Gasteiger partial charge in [0.05, 0.1) is 6.07 Å². The molecule has 2 aliphatic rings. The van der Waals surface area contributed by atoms with Gasteiger partial charge in [0, 0.05) is 30.8 Å². The van der Waals surface area contributed by atoms with Crippen LogP contribution in [0, 0.1) is 29.1 Å². The third kappa shape index (κ3) is 3.27. The lowest BCUT2D eigenvalue weighted by Crippen LogP contribution is -2.34. The lowest BCUT2D eigenvalue weighted by Gasteiger charge is -2.39. The zero-order chi connectivity index (χ0) is 15.6. The number of rotatable bonds is 7. The Morgan fingerprint density at radius 1 is 1.24 bits per heavy atom. The van der Waals surface area contributed by atoms with Crippen molar-refractivity contribution in [3.05, 3.63) is 12.2 Å². The smallest absolute Gasteiger partial charge is 0.155 e. The Bertz CT molecular complexity index is 466. The van der Waals surface area contributed by atoms with Crippen LogP contribution in [-0.2, 0) is 4.57 Å². The maximum atomic E-state index is 13.6. The molecule has 0 radical (unpaired) electrons. The van der Waals surface area contributed by atoms with Gasteiger partial charge >= 0.3 is 0 Å². The second-order valence-electron chi connectivity index (χ2n) is 7.22. The van der Waals surface area contributed by atoms with Gasteiger partial charge in [-0.3, -0.25) is 4.67 Å². The average Bonchev–Trinajstić information content (AvgIpc) is 3.04. The summed E-state index contributed by atoms with van der Waals surface area (Å²) in [6.45, 7) is 9.84. The summed E-state index contributed by atoms with van der Waals surface area (Å²) < 4.78 is 15.8. The summed E-state index contributed by atoms with van der Waals surface area (Å²) in [4.78, 5) is 0. The summed E-state index contributed by atoms with van der Waals surface area (Å²) in [5.41, 5.74) is 0.315. The number of hydrogen-bond donors (Lipinski definition) is 0. The monoisotopic (exact) mass is 308 g/mol. The quantitative estimate of drug-likeness (QED) is 0.513. The third-order valence-electron chi connectivity index (χ3n) is 5.27. The molecule has 3 atom stereocenters. The standard InChI is InChI=1S/C17H29N2OP/c1-13(2)21(20,14(3)4)19(9-5-8-18)12-17-11-15-6-7-16(17)10-15/h6-7,13-17H,5,9-12H2,1-4H3. The molecule has 2 bridgehead atoms. The van der Waals surface area contributed by atoms with Crippen molar-refractivity contribution in [1.82, 2.24) is 4.67 Å². The summed E-state index contributed by atoms with van der Waals surface area (Å²) in [6, 6.07) is 2.23. The van der Waals surface area contributed by atoms with E-state index in [0.717, 1.165) is 12.5 Å². The fraction of sp³-hybridized carbons (Fsp3) is 0.824. The van der Waals surface area contributed by atoms with E-state index in [0.29, 0.717) is 24.8 Å². The predicted octanol–water partition coefficient (Wildman–Crippen LogP) is 4.51. The molecule has 0 aromatic rings. The van der Waals surface area contributed by atoms with Crippen LogP contribution in [0.1, 0.15) is 47.0 Å². The van der Waals surface area contributed by atoms with Crippen LogP contribution >= 0.6 is 7.29 Å². The second-order valence-corrected chi connectivity index (χ2v) is 11.2. The molecule has 0 saturated heterocycles. The molecule has 2 rings (SSSR count). The highest BCUT2D eigenvalue weighted by Gasteiger charge is 2.42. The molecule has 118 valence electrons. The molecule has 0 heterocycles. The summed E-state index contributed by atoms with van der Waals surface area (Å²) in [5, 5.41) is 8.95. The molecular weight excluding hydrogens is 279 g/mol. The zero-order valence-corrected chi connectivity index (χ0v) is 14.7. The molecule has 4 heteroatoms. The van der Waals surface area contributed by atoms with Gasteiger partial charge in [0.25, 0.3) is 0 Å². The van der Waals surface area contributed by atoms with Crippen LogP contribution in [0.4, 0.5) is 0 Å². The van der Waals surface area contributed by atoms with Gasteiger partial charge in [-0.15, -0.1) is 0 Å². The molecule has 0 amide bonds. The predicted molar refractivity (Wildman–Crippen MR) is 88.5 cm³/mol. The van der Waals surface area contributed by atoms with Gasteiger partial charge in [-0.1, -0.05) is 39.8 Å². The largest absolute Gasteiger partial charge is 0.306 e. The number of nitriles is 1. The first-order valence-corrected chi connectivity index (χ1v) is 10.1. The highest BCUT2D eigenvalue weighted by molar-refractivity contribution is 7.62. The first kappa shape index (κ1) is 16.8. The minimum Gasteiger partial charge on any atom is -0.306 e. The highest BCUT2D eigenvalue weighted by Crippen LogP contribution is 2.59. The van der Waals surface area contributed by atoms with E-state index in [1.807, 2.05) is 0 Å². The lowest BCUT2D eigenvalue weighted by molar-refractivity contribution is 0.309. The van der Waals surface area contributed by atoms with Crippen molar-refractivity contribution in [1.29, 1.82) is 5.26 Å². The fourth-order valence-electron chi connectivity index (χ4n) is 4.18. The Hall–Kier alpha value is -0.580. The van der Waals surface area contributed by atoms with Crippen molar-refractivity contribution in [2.45, 2.75) is 58.3 Å². The van der Waals surface area contributed by atoms with Crippen molar-refractivity contribution in [3.63, 3.8) is 0 Å². The molecule has 3 nitrogen and oxygen atoms in total. The van der Waals surface area contributed by atoms with E-state index in [9.17, 15) is 4.57 Å². The van der Waals surface area contributed by atoms with E-state index >= 15 is 0 Å². The molecule has 1 saturated carbocycles. The van der Waals surface area contributed by atoms with Gasteiger partial charge in [0.1, 0.15) is 0 Å². The van der Waals surface area contributed by atoms with E-state index in [4.69, 9.17) is 5.26 Å². The molecule has 0 aromatic carbocycles. The van der Waals surface area contributed by atoms with Gasteiger partial charge in [-0.05, 0) is 30.6 Å². The van der Waals surface area contributed by atoms with Crippen LogP contribution < -0.4 is 0 Å². The van der Waals surface area contributed by atoms with Gasteiger partial charge in [-0.25, -0.2) is 0 Å². The Labute approximate surface area is 129 Å². The van der Waals surface area contributed by atoms with Gasteiger partial charge in [0.15, 0.2) is 7.29 Å². The Kier molecular flexibility index (Phi) is 5.33. The number of allylic oxidation sites excluding steroid dienone is 2. The molecule has 0 spiro atoms. The van der Waals surface area contributed by atoms with E-state index in [2.05, 4.69) is 50.6 Å². The highest BCUT2D eigenvalue weighted by atomic mass is 31.2. The van der Waals surface area contributed by atoms with Crippen molar-refractivity contribution < 1.29 is 4.57 Å². The van der Waals surface area contributed by atoms with Gasteiger partial charge in [-0.2, -0.15) is 5.26 Å². The van der Waals surface area contributed by atoms with Crippen molar-refractivity contribution in [2.24, 2.45) is 17.8 Å². The first-order valence-electron chi connectivity index (χ1n) is 8.29. The average molecular weight is 308 g/mol. The summed E-state index contributed by atoms with van der Waals surface area (Å²) in [6.07, 6.45) is 7.70. The third-order valence-corrected chi connectivity index (χ3v) is 9.47. The van der Waals surface area contributed by atoms with Crippen molar-refractivity contribution in [3.8, 4) is 6.07 Å². The van der Waals surface area contributed by atoms with Crippen LogP contribution in [0.25, 0.3) is 0 Å². The summed E-state index contributed by atoms with van der Waals surface area (Å²) in [7, 11) is -2.42. The summed E-state index contributed by atoms with van der Waals surface area (Å²) in [5.74, 6) is 2.05. The van der Waals surface area contributed by atoms with Crippen LogP contribution in [0.2, 0.25) is 0 Å². The minimum absolute atomic E-state index is 0.158. The molecular formula is C17H29N2OP. The van der Waals surface area contributed by atoms with E-state index in [1.165, 1.54) is 12.8 Å². The molecule has 3 unspecified atom stereocenters. The molecule has 0 N–H and O–H groups in total. The normalized spacial score (nSPS) is 28.0. The topological polar surface area (TPSA) is 44.1 Å². The van der Waals surface area contributed by atoms with Crippen molar-refractivity contribution in [2.75, 3.05) is 13.1 Å². The zero-order valence-electron chi connectivity index (χ0n) is 13.8. The van der Waals surface area contributed by atoms with Crippen molar-refractivity contribution >= 4 is 7.29 Å². The van der Waals surface area contributed by atoms with E-state index < -0.39 is 7.29 Å². The molecule has 0 aromatic heterocycles. The van der Waals surface area contributed by atoms with E-state index in [1.54, 1.807) is 0 Å². The van der Waals surface area contributed by atoms with Gasteiger partial charge in [0.2, 0.25) is 0 Å². The minimum atomic E-state index is -2.42. The van der Waals surface area contributed by atoms with Crippen LogP contribution in [-0.4, -0.2) is 29.1 Å².